The fourth-order valence-electron chi connectivity index (χ4n) is 3.65. The van der Waals surface area contributed by atoms with Crippen LogP contribution in [0.1, 0.15) is 29.0 Å². The van der Waals surface area contributed by atoms with E-state index in [9.17, 15) is 27.9 Å². The lowest BCUT2D eigenvalue weighted by molar-refractivity contribution is -0.207. The largest absolute Gasteiger partial charge is 0.416 e. The second-order valence-electron chi connectivity index (χ2n) is 8.67. The Balaban J connectivity index is 1.46. The predicted molar refractivity (Wildman–Crippen MR) is 128 cm³/mol. The van der Waals surface area contributed by atoms with Crippen LogP contribution < -0.4 is 11.0 Å². The number of hydrogen-bond donors (Lipinski definition) is 2. The summed E-state index contributed by atoms with van der Waals surface area (Å²) in [4.78, 5) is 34.0. The summed E-state index contributed by atoms with van der Waals surface area (Å²) in [7, 11) is 0. The zero-order valence-electron chi connectivity index (χ0n) is 19.5. The van der Waals surface area contributed by atoms with E-state index in [1.165, 1.54) is 41.5 Å². The third-order valence-corrected chi connectivity index (χ3v) is 6.00. The van der Waals surface area contributed by atoms with E-state index in [4.69, 9.17) is 11.6 Å². The molecule has 1 saturated carbocycles. The Morgan fingerprint density at radius 3 is 2.58 bits per heavy atom. The van der Waals surface area contributed by atoms with Crippen molar-refractivity contribution in [2.75, 3.05) is 0 Å². The van der Waals surface area contributed by atoms with Crippen LogP contribution in [0.2, 0.25) is 5.02 Å². The van der Waals surface area contributed by atoms with E-state index in [-0.39, 0.29) is 41.5 Å². The van der Waals surface area contributed by atoms with Gasteiger partial charge in [-0.05, 0) is 49.2 Å². The third kappa shape index (κ3) is 5.45. The van der Waals surface area contributed by atoms with Gasteiger partial charge < -0.3 is 10.4 Å². The quantitative estimate of drug-likeness (QED) is 0.345. The van der Waals surface area contributed by atoms with Crippen molar-refractivity contribution in [2.45, 2.75) is 44.3 Å². The summed E-state index contributed by atoms with van der Waals surface area (Å²) >= 11 is 5.91. The third-order valence-electron chi connectivity index (χ3n) is 5.75. The SMILES string of the molecule is O=C(NC1CC1)c1cccnc1-n1cnc(Cn2nc(-c3ccc(Cl)cc3)n(C[C@H](O)C(F)(F)F)c2=O)n1. The van der Waals surface area contributed by atoms with Crippen LogP contribution in [0.25, 0.3) is 17.2 Å². The van der Waals surface area contributed by atoms with Gasteiger partial charge in [-0.1, -0.05) is 11.6 Å². The van der Waals surface area contributed by atoms with Crippen molar-refractivity contribution in [1.82, 2.24) is 39.4 Å². The van der Waals surface area contributed by atoms with Gasteiger partial charge in [-0.25, -0.2) is 24.1 Å². The maximum Gasteiger partial charge on any atom is 0.416 e. The zero-order chi connectivity index (χ0) is 27.0. The van der Waals surface area contributed by atoms with Crippen LogP contribution in [0.15, 0.2) is 53.7 Å². The maximum atomic E-state index is 13.1. The second kappa shape index (κ2) is 10.0. The topological polar surface area (TPSA) is 133 Å². The minimum atomic E-state index is -4.94. The fourth-order valence-corrected chi connectivity index (χ4v) is 3.78. The van der Waals surface area contributed by atoms with E-state index in [1.54, 1.807) is 12.1 Å². The van der Waals surface area contributed by atoms with E-state index in [2.05, 4.69) is 25.5 Å². The average molecular weight is 549 g/mol. The Kier molecular flexibility index (Phi) is 6.75. The summed E-state index contributed by atoms with van der Waals surface area (Å²) in [5.41, 5.74) is -0.307. The molecule has 198 valence electrons. The average Bonchev–Trinajstić information content (AvgIpc) is 3.49. The molecule has 0 spiro atoms. The first-order valence-corrected chi connectivity index (χ1v) is 11.8. The number of amides is 1. The van der Waals surface area contributed by atoms with Crippen molar-refractivity contribution >= 4 is 17.5 Å². The molecule has 15 heteroatoms. The number of aromatic nitrogens is 7. The van der Waals surface area contributed by atoms with Crippen molar-refractivity contribution in [3.63, 3.8) is 0 Å². The molecule has 1 fully saturated rings. The number of halogens is 4. The van der Waals surface area contributed by atoms with Gasteiger partial charge in [0.1, 0.15) is 12.9 Å². The highest BCUT2D eigenvalue weighted by molar-refractivity contribution is 6.30. The number of nitrogens with zero attached hydrogens (tertiary/aromatic N) is 7. The van der Waals surface area contributed by atoms with Crippen LogP contribution in [-0.2, 0) is 13.1 Å². The lowest BCUT2D eigenvalue weighted by Gasteiger charge is -2.15. The number of rotatable bonds is 8. The van der Waals surface area contributed by atoms with Gasteiger partial charge in [0.2, 0.25) is 0 Å². The lowest BCUT2D eigenvalue weighted by atomic mass is 10.2. The van der Waals surface area contributed by atoms with Gasteiger partial charge >= 0.3 is 11.9 Å². The summed E-state index contributed by atoms with van der Waals surface area (Å²) in [5, 5.41) is 21.4. The molecule has 11 nitrogen and oxygen atoms in total. The summed E-state index contributed by atoms with van der Waals surface area (Å²) in [5.74, 6) is -0.0935. The maximum absolute atomic E-state index is 13.1. The number of carbonyl (C=O) groups excluding carboxylic acids is 1. The van der Waals surface area contributed by atoms with Crippen LogP contribution in [0, 0.1) is 0 Å². The molecule has 1 atom stereocenters. The Morgan fingerprint density at radius 2 is 1.89 bits per heavy atom. The van der Waals surface area contributed by atoms with E-state index in [0.29, 0.717) is 10.6 Å². The zero-order valence-corrected chi connectivity index (χ0v) is 20.3. The molecule has 0 radical (unpaired) electrons. The predicted octanol–water partition coefficient (Wildman–Crippen LogP) is 2.20. The van der Waals surface area contributed by atoms with Gasteiger partial charge in [0, 0.05) is 22.8 Å². The highest BCUT2D eigenvalue weighted by atomic mass is 35.5. The molecule has 0 saturated heterocycles. The van der Waals surface area contributed by atoms with Crippen LogP contribution >= 0.6 is 11.6 Å². The smallest absolute Gasteiger partial charge is 0.382 e. The Morgan fingerprint density at radius 1 is 1.16 bits per heavy atom. The molecule has 2 N–H and O–H groups in total. The van der Waals surface area contributed by atoms with Gasteiger partial charge in [-0.15, -0.1) is 10.2 Å². The van der Waals surface area contributed by atoms with Crippen LogP contribution in [0.3, 0.4) is 0 Å². The summed E-state index contributed by atoms with van der Waals surface area (Å²) in [6.07, 6.45) is -3.11. The van der Waals surface area contributed by atoms with Crippen molar-refractivity contribution in [3.8, 4) is 17.2 Å². The minimum Gasteiger partial charge on any atom is -0.382 e. The molecule has 1 aliphatic rings. The number of alkyl halides is 3. The molecule has 1 aromatic carbocycles. The molecule has 1 aliphatic carbocycles. The Bertz CT molecular complexity index is 1530. The van der Waals surface area contributed by atoms with Crippen LogP contribution in [0.4, 0.5) is 13.2 Å². The number of benzene rings is 1. The summed E-state index contributed by atoms with van der Waals surface area (Å²) in [6.45, 7) is -1.35. The first-order valence-electron chi connectivity index (χ1n) is 11.5. The van der Waals surface area contributed by atoms with Crippen molar-refractivity contribution in [2.24, 2.45) is 0 Å². The van der Waals surface area contributed by atoms with Gasteiger partial charge in [0.05, 0.1) is 12.1 Å². The van der Waals surface area contributed by atoms with Crippen molar-refractivity contribution in [1.29, 1.82) is 0 Å². The normalized spacial score (nSPS) is 14.4. The van der Waals surface area contributed by atoms with E-state index in [0.717, 1.165) is 22.1 Å². The van der Waals surface area contributed by atoms with Crippen LogP contribution in [0.5, 0.6) is 0 Å². The molecule has 5 rings (SSSR count). The Hall–Kier alpha value is -4.04. The van der Waals surface area contributed by atoms with E-state index < -0.39 is 24.5 Å². The highest BCUT2D eigenvalue weighted by Crippen LogP contribution is 2.24. The van der Waals surface area contributed by atoms with Gasteiger partial charge in [-0.3, -0.25) is 9.36 Å². The molecule has 3 aromatic heterocycles. The fraction of sp³-hybridized carbons (Fsp3) is 0.304. The van der Waals surface area contributed by atoms with E-state index in [1.807, 2.05) is 0 Å². The highest BCUT2D eigenvalue weighted by Gasteiger charge is 2.39. The number of pyridine rings is 1. The van der Waals surface area contributed by atoms with Crippen molar-refractivity contribution < 1.29 is 23.1 Å². The first-order chi connectivity index (χ1) is 18.1. The number of nitrogens with one attached hydrogen (secondary N) is 1. The number of carbonyl (C=O) groups is 1. The Labute approximate surface area is 217 Å². The van der Waals surface area contributed by atoms with E-state index >= 15 is 0 Å². The molecule has 3 heterocycles. The molecule has 38 heavy (non-hydrogen) atoms. The molecule has 4 aromatic rings. The molecular formula is C23H20ClF3N8O3. The summed E-state index contributed by atoms with van der Waals surface area (Å²) < 4.78 is 42.1. The second-order valence-corrected chi connectivity index (χ2v) is 9.10. The monoisotopic (exact) mass is 548 g/mol. The van der Waals surface area contributed by atoms with Gasteiger partial charge in [0.25, 0.3) is 5.91 Å². The summed E-state index contributed by atoms with van der Waals surface area (Å²) in [6, 6.07) is 9.33. The number of aliphatic hydroxyl groups is 1. The molecule has 0 unspecified atom stereocenters. The minimum absolute atomic E-state index is 0.0926. The number of hydrogen-bond acceptors (Lipinski definition) is 7. The first kappa shape index (κ1) is 25.6. The van der Waals surface area contributed by atoms with Gasteiger partial charge in [-0.2, -0.15) is 13.2 Å². The molecule has 1 amide bonds. The van der Waals surface area contributed by atoms with Gasteiger partial charge in [0.15, 0.2) is 23.6 Å². The molecular weight excluding hydrogens is 529 g/mol. The molecule has 0 bridgehead atoms. The van der Waals surface area contributed by atoms with Crippen molar-refractivity contribution in [3.05, 3.63) is 75.8 Å². The molecule has 0 aliphatic heterocycles. The van der Waals surface area contributed by atoms with Crippen LogP contribution in [-0.4, -0.2) is 63.4 Å². The lowest BCUT2D eigenvalue weighted by Crippen LogP contribution is -2.37. The standard InChI is InChI=1S/C23H20ClF3N8O3/c24-14-5-3-13(4-6-14)19-32-34(22(38)33(19)10-17(36)23(25,26)27)11-18-29-12-35(31-18)20-16(2-1-9-28-20)21(37)30-15-7-8-15/h1-6,9,12,15,17,36H,7-8,10-11H2,(H,30,37)/t17-/m0/s1. The number of aliphatic hydroxyl groups excluding tert-OH is 1.